The second kappa shape index (κ2) is 23.4. The second-order valence-electron chi connectivity index (χ2n) is 15.3. The highest BCUT2D eigenvalue weighted by Gasteiger charge is 2.73. The quantitative estimate of drug-likeness (QED) is 0.0820. The summed E-state index contributed by atoms with van der Waals surface area (Å²) in [6.07, 6.45) is -17.8. The normalized spacial score (nSPS) is 17.8. The molecule has 0 saturated heterocycles. The third kappa shape index (κ3) is 18.0. The molecule has 0 amide bonds. The van der Waals surface area contributed by atoms with Crippen molar-refractivity contribution in [1.29, 1.82) is 0 Å². The summed E-state index contributed by atoms with van der Waals surface area (Å²) in [6, 6.07) is 0. The van der Waals surface area contributed by atoms with Crippen LogP contribution in [0.2, 0.25) is 0 Å². The van der Waals surface area contributed by atoms with Gasteiger partial charge in [0, 0.05) is 33.6 Å². The molecule has 0 saturated carbocycles. The predicted octanol–water partition coefficient (Wildman–Crippen LogP) is 7.23. The van der Waals surface area contributed by atoms with Gasteiger partial charge in [0.1, 0.15) is 27.2 Å². The summed E-state index contributed by atoms with van der Waals surface area (Å²) in [4.78, 5) is 4.24. The van der Waals surface area contributed by atoms with Crippen LogP contribution in [0.15, 0.2) is 10.3 Å². The summed E-state index contributed by atoms with van der Waals surface area (Å²) >= 11 is 0. The van der Waals surface area contributed by atoms with Crippen molar-refractivity contribution in [1.82, 2.24) is 30.4 Å². The second-order valence-corrected chi connectivity index (χ2v) is 17.8. The zero-order valence-corrected chi connectivity index (χ0v) is 39.8. The third-order valence-corrected chi connectivity index (χ3v) is 9.81. The third-order valence-electron chi connectivity index (χ3n) is 8.57. The van der Waals surface area contributed by atoms with Gasteiger partial charge in [0.05, 0.1) is 0 Å². The smallest absolute Gasteiger partial charge is 0.270 e. The molecule has 0 bridgehead atoms. The predicted molar refractivity (Wildman–Crippen MR) is 202 cm³/mol. The molecular formula is C33H43F21N10O7S2+4. The fraction of sp³-hybridized carbons (Fsp3) is 0.758. The van der Waals surface area contributed by atoms with E-state index in [4.69, 9.17) is 0 Å². The first-order valence-corrected chi connectivity index (χ1v) is 22.4. The summed E-state index contributed by atoms with van der Waals surface area (Å²) in [7, 11) is -7.65. The minimum Gasteiger partial charge on any atom is -0.270 e. The number of aromatic nitrogens is 6. The van der Waals surface area contributed by atoms with Crippen molar-refractivity contribution in [3.05, 3.63) is 11.6 Å². The Balaban J connectivity index is 0.000000538. The van der Waals surface area contributed by atoms with Crippen LogP contribution in [0.1, 0.15) is 72.0 Å². The van der Waals surface area contributed by atoms with Crippen molar-refractivity contribution >= 4 is 45.3 Å². The van der Waals surface area contributed by atoms with Crippen LogP contribution in [0.4, 0.5) is 91.2 Å². The fourth-order valence-electron chi connectivity index (χ4n) is 4.59. The number of hydrogen-bond acceptors (Lipinski definition) is 11. The Morgan fingerprint density at radius 3 is 1.05 bits per heavy atom. The number of ether oxygens (including phenoxy) is 3. The molecular weight excluding hydrogens is 1110 g/mol. The molecule has 40 heteroatoms. The summed E-state index contributed by atoms with van der Waals surface area (Å²) in [5, 5.41) is 1.90. The van der Waals surface area contributed by atoms with E-state index in [1.807, 2.05) is 0 Å². The van der Waals surface area contributed by atoms with Crippen molar-refractivity contribution in [2.45, 2.75) is 131 Å². The van der Waals surface area contributed by atoms with Crippen molar-refractivity contribution in [3.63, 3.8) is 0 Å². The van der Waals surface area contributed by atoms with E-state index in [-0.39, 0.29) is 0 Å². The molecule has 0 radical (unpaired) electrons. The number of rotatable bonds is 19. The molecule has 2 N–H and O–H groups in total. The zero-order chi connectivity index (χ0) is 57.5. The van der Waals surface area contributed by atoms with Crippen molar-refractivity contribution in [2.75, 3.05) is 40.5 Å². The molecule has 4 heterocycles. The van der Waals surface area contributed by atoms with E-state index in [0.717, 1.165) is 23.5 Å². The van der Waals surface area contributed by atoms with Crippen molar-refractivity contribution in [3.8, 4) is 0 Å². The highest BCUT2D eigenvalue weighted by molar-refractivity contribution is 7.86. The lowest BCUT2D eigenvalue weighted by Crippen LogP contribution is -2.58. The van der Waals surface area contributed by atoms with Gasteiger partial charge in [-0.25, -0.2) is 4.39 Å². The number of unbranched alkanes of at least 4 members (excludes halogenated alkanes) is 2. The average molecular weight is 1150 g/mol. The van der Waals surface area contributed by atoms with Crippen LogP contribution in [-0.2, 0) is 46.4 Å². The van der Waals surface area contributed by atoms with Crippen molar-refractivity contribution < 1.29 is 141 Å². The summed E-state index contributed by atoms with van der Waals surface area (Å²) in [6.45, 7) is 7.00. The lowest BCUT2D eigenvalue weighted by Gasteiger charge is -2.37. The maximum atomic E-state index is 14.3. The Morgan fingerprint density at radius 2 is 0.822 bits per heavy atom. The Labute approximate surface area is 398 Å². The van der Waals surface area contributed by atoms with Crippen LogP contribution < -0.4 is 0 Å². The number of hydrogen-bond donors (Lipinski definition) is 2. The maximum absolute atomic E-state index is 14.3. The van der Waals surface area contributed by atoms with E-state index in [1.54, 1.807) is 0 Å². The molecule has 3 atom stereocenters. The van der Waals surface area contributed by atoms with Crippen LogP contribution in [0.3, 0.4) is 0 Å². The number of halogens is 21. The number of H-pyrrole nitrogens is 2. The molecule has 0 spiro atoms. The molecule has 422 valence electrons. The standard InChI is InChI=1S/C10H7F12N3O4S.2C8H16N2.C7H4F9N3O3S/c1-5(11,12)9(18,19)28-6(2,13)10(20,21)29-7(14,8(15,16)17)3-23-4(25-24-3)30(22,26)27;2*1-3-4-5-10-7-6-9(2)8-10;1-4(8,9)7(14,15)22-5(10,6(11,12)13)2-17-3(19-18-2)23(16,20)21/h1-2H3,(H,23,24,25);2*6-7H,3-5,8H2,1-2H3;1H3,(H,17,18,19)/q;2*+2;. The first-order chi connectivity index (χ1) is 32.4. The highest BCUT2D eigenvalue weighted by atomic mass is 32.3. The van der Waals surface area contributed by atoms with Gasteiger partial charge in [-0.05, 0) is 0 Å². The first kappa shape index (κ1) is 66.3. The molecule has 2 aromatic rings. The summed E-state index contributed by atoms with van der Waals surface area (Å²) in [5.41, 5.74) is 0. The van der Waals surface area contributed by atoms with Crippen LogP contribution in [-0.4, -0.2) is 179 Å². The Bertz CT molecular complexity index is 2480. The van der Waals surface area contributed by atoms with Gasteiger partial charge in [0.25, 0.3) is 10.3 Å². The molecule has 4 rings (SSSR count). The number of aromatic amines is 2. The Hall–Kier alpha value is -4.73. The molecule has 17 nitrogen and oxygen atoms in total. The van der Waals surface area contributed by atoms with Gasteiger partial charge in [-0.3, -0.25) is 24.4 Å². The SMILES string of the molecule is CC(F)(F)C(F)(F)OC(C)(F)C(F)(F)OC(F)(c1nc(S(=O)(=O)F)n[nH]1)C(F)(F)F.CC(F)(F)C(F)(F)OC(F)(c1nc(S(=O)(=O)F)n[nH]1)C(F)(F)F.CCCC[N+]1=CC=[N+](C)C1.CCCC[N+]1=CC=[N+](C)C1. The molecule has 3 unspecified atom stereocenters. The topological polar surface area (TPSA) is 191 Å². The van der Waals surface area contributed by atoms with E-state index in [0.29, 0.717) is 0 Å². The molecule has 0 fully saturated rings. The summed E-state index contributed by atoms with van der Waals surface area (Å²) < 4.78 is 332. The number of nitrogens with one attached hydrogen (secondary N) is 2. The van der Waals surface area contributed by atoms with E-state index >= 15 is 0 Å². The van der Waals surface area contributed by atoms with E-state index in [9.17, 15) is 108 Å². The zero-order valence-electron chi connectivity index (χ0n) is 38.2. The average Bonchev–Trinajstić information content (AvgIpc) is 4.02. The first-order valence-electron chi connectivity index (χ1n) is 19.6. The van der Waals surface area contributed by atoms with Gasteiger partial charge < -0.3 is 0 Å². The van der Waals surface area contributed by atoms with Gasteiger partial charge in [-0.15, -0.1) is 10.2 Å². The van der Waals surface area contributed by atoms with E-state index in [1.165, 1.54) is 38.8 Å². The lowest BCUT2D eigenvalue weighted by molar-refractivity contribution is -0.699. The van der Waals surface area contributed by atoms with Gasteiger partial charge in [0.15, 0.2) is 0 Å². The minimum atomic E-state index is -6.69. The van der Waals surface area contributed by atoms with Gasteiger partial charge >= 0.3 is 93.9 Å². The number of nitrogens with zero attached hydrogens (tertiary/aromatic N) is 8. The largest absolute Gasteiger partial charge is 0.456 e. The molecule has 0 aliphatic carbocycles. The Morgan fingerprint density at radius 1 is 0.521 bits per heavy atom. The Kier molecular flexibility index (Phi) is 21.3. The fourth-order valence-corrected chi connectivity index (χ4v) is 5.30. The molecule has 2 aliphatic heterocycles. The highest BCUT2D eigenvalue weighted by Crippen LogP contribution is 2.52. The minimum absolute atomic E-state index is 0.568. The van der Waals surface area contributed by atoms with Crippen LogP contribution in [0.25, 0.3) is 0 Å². The molecule has 2 aromatic heterocycles. The van der Waals surface area contributed by atoms with E-state index in [2.05, 4.69) is 105 Å². The van der Waals surface area contributed by atoms with Gasteiger partial charge in [-0.2, -0.15) is 124 Å². The molecule has 73 heavy (non-hydrogen) atoms. The lowest BCUT2D eigenvalue weighted by atomic mass is 10.2. The monoisotopic (exact) mass is 1150 g/mol. The van der Waals surface area contributed by atoms with Crippen molar-refractivity contribution in [2.24, 2.45) is 0 Å². The molecule has 2 aliphatic rings. The number of alkyl halides is 19. The van der Waals surface area contributed by atoms with Crippen LogP contribution >= 0.6 is 0 Å². The van der Waals surface area contributed by atoms with Gasteiger partial charge in [0.2, 0.25) is 36.5 Å². The summed E-state index contributed by atoms with van der Waals surface area (Å²) in [5.74, 6) is -33.0. The van der Waals surface area contributed by atoms with Crippen LogP contribution in [0.5, 0.6) is 0 Å². The van der Waals surface area contributed by atoms with E-state index < -0.39 is 123 Å². The molecule has 0 aromatic carbocycles. The van der Waals surface area contributed by atoms with Crippen LogP contribution in [0, 0.1) is 0 Å². The maximum Gasteiger partial charge on any atom is 0.456 e. The van der Waals surface area contributed by atoms with Gasteiger partial charge in [-0.1, -0.05) is 34.5 Å².